The van der Waals surface area contributed by atoms with Crippen molar-refractivity contribution in [3.05, 3.63) is 22.4 Å². The minimum Gasteiger partial charge on any atom is -0.341 e. The third-order valence-electron chi connectivity index (χ3n) is 5.19. The van der Waals surface area contributed by atoms with Gasteiger partial charge >= 0.3 is 0 Å². The van der Waals surface area contributed by atoms with Gasteiger partial charge in [-0.15, -0.1) is 11.3 Å². The molecule has 2 aliphatic heterocycles. The fraction of sp³-hybridized carbons (Fsp3) is 0.684. The summed E-state index contributed by atoms with van der Waals surface area (Å²) < 4.78 is 0. The van der Waals surface area contributed by atoms with Gasteiger partial charge in [-0.2, -0.15) is 0 Å². The van der Waals surface area contributed by atoms with E-state index in [2.05, 4.69) is 18.7 Å². The number of amides is 2. The molecule has 138 valence electrons. The molecule has 3 rings (SSSR count). The molecule has 2 amide bonds. The lowest BCUT2D eigenvalue weighted by Gasteiger charge is -2.36. The Morgan fingerprint density at radius 3 is 2.52 bits per heavy atom. The summed E-state index contributed by atoms with van der Waals surface area (Å²) in [5.41, 5.74) is 0. The summed E-state index contributed by atoms with van der Waals surface area (Å²) in [7, 11) is 0. The second-order valence-corrected chi connectivity index (χ2v) is 8.59. The largest absolute Gasteiger partial charge is 0.341 e. The van der Waals surface area contributed by atoms with Crippen LogP contribution in [0.3, 0.4) is 0 Å². The summed E-state index contributed by atoms with van der Waals surface area (Å²) in [6, 6.07) is 3.80. The zero-order valence-electron chi connectivity index (χ0n) is 15.3. The highest BCUT2D eigenvalue weighted by molar-refractivity contribution is 7.12. The zero-order chi connectivity index (χ0) is 17.8. The van der Waals surface area contributed by atoms with Crippen LogP contribution < -0.4 is 0 Å². The number of hydrogen-bond donors (Lipinski definition) is 0. The van der Waals surface area contributed by atoms with Gasteiger partial charge in [-0.25, -0.2) is 0 Å². The van der Waals surface area contributed by atoms with Crippen molar-refractivity contribution in [1.29, 1.82) is 0 Å². The van der Waals surface area contributed by atoms with Crippen molar-refractivity contribution in [1.82, 2.24) is 14.7 Å². The second-order valence-electron chi connectivity index (χ2n) is 7.64. The van der Waals surface area contributed by atoms with Gasteiger partial charge < -0.3 is 9.80 Å². The SMILES string of the molecule is CC1CC(C)CN(C(=O)CN2CCCN(C(=O)c3cccs3)CC2)C1. The quantitative estimate of drug-likeness (QED) is 0.828. The van der Waals surface area contributed by atoms with E-state index in [4.69, 9.17) is 0 Å². The molecule has 0 aromatic carbocycles. The third kappa shape index (κ3) is 4.82. The molecule has 0 aliphatic carbocycles. The average molecular weight is 364 g/mol. The topological polar surface area (TPSA) is 43.9 Å². The van der Waals surface area contributed by atoms with Gasteiger partial charge in [0.25, 0.3) is 5.91 Å². The van der Waals surface area contributed by atoms with E-state index in [0.717, 1.165) is 44.0 Å². The molecule has 2 saturated heterocycles. The van der Waals surface area contributed by atoms with Gasteiger partial charge in [0.2, 0.25) is 5.91 Å². The summed E-state index contributed by atoms with van der Waals surface area (Å²) in [6.45, 7) is 9.88. The number of carbonyl (C=O) groups excluding carboxylic acids is 2. The number of nitrogens with zero attached hydrogens (tertiary/aromatic N) is 3. The van der Waals surface area contributed by atoms with Gasteiger partial charge in [0.15, 0.2) is 0 Å². The molecule has 0 radical (unpaired) electrons. The van der Waals surface area contributed by atoms with Crippen LogP contribution >= 0.6 is 11.3 Å². The summed E-state index contributed by atoms with van der Waals surface area (Å²) in [4.78, 5) is 32.2. The molecule has 1 aromatic rings. The number of likely N-dealkylation sites (tertiary alicyclic amines) is 1. The van der Waals surface area contributed by atoms with E-state index in [-0.39, 0.29) is 11.8 Å². The van der Waals surface area contributed by atoms with Crippen molar-refractivity contribution in [3.8, 4) is 0 Å². The maximum absolute atomic E-state index is 12.7. The fourth-order valence-electron chi connectivity index (χ4n) is 4.05. The number of carbonyl (C=O) groups is 2. The first-order chi connectivity index (χ1) is 12.0. The number of piperidine rings is 1. The van der Waals surface area contributed by atoms with E-state index in [1.54, 1.807) is 0 Å². The van der Waals surface area contributed by atoms with Crippen molar-refractivity contribution < 1.29 is 9.59 Å². The normalized spacial score (nSPS) is 25.7. The van der Waals surface area contributed by atoms with Crippen LogP contribution in [0.1, 0.15) is 36.4 Å². The van der Waals surface area contributed by atoms with Gasteiger partial charge in [0, 0.05) is 39.3 Å². The maximum Gasteiger partial charge on any atom is 0.263 e. The predicted molar refractivity (Wildman–Crippen MR) is 101 cm³/mol. The van der Waals surface area contributed by atoms with E-state index in [1.165, 1.54) is 17.8 Å². The Bertz CT molecular complexity index is 579. The second kappa shape index (κ2) is 8.32. The van der Waals surface area contributed by atoms with Crippen LogP contribution in [0.4, 0.5) is 0 Å². The van der Waals surface area contributed by atoms with E-state index in [9.17, 15) is 9.59 Å². The smallest absolute Gasteiger partial charge is 0.263 e. The molecule has 2 fully saturated rings. The fourth-order valence-corrected chi connectivity index (χ4v) is 4.74. The molecule has 2 unspecified atom stereocenters. The molecule has 6 heteroatoms. The van der Waals surface area contributed by atoms with Crippen molar-refractivity contribution >= 4 is 23.2 Å². The molecule has 2 aliphatic rings. The molecular formula is C19H29N3O2S. The molecular weight excluding hydrogens is 334 g/mol. The Balaban J connectivity index is 1.51. The molecule has 2 atom stereocenters. The van der Waals surface area contributed by atoms with Gasteiger partial charge in [-0.1, -0.05) is 19.9 Å². The van der Waals surface area contributed by atoms with Crippen molar-refractivity contribution in [2.75, 3.05) is 45.8 Å². The summed E-state index contributed by atoms with van der Waals surface area (Å²) in [6.07, 6.45) is 2.14. The van der Waals surface area contributed by atoms with Crippen molar-refractivity contribution in [2.45, 2.75) is 26.7 Å². The lowest BCUT2D eigenvalue weighted by atomic mass is 9.92. The van der Waals surface area contributed by atoms with Gasteiger partial charge in [0.05, 0.1) is 11.4 Å². The Morgan fingerprint density at radius 1 is 1.08 bits per heavy atom. The third-order valence-corrected chi connectivity index (χ3v) is 6.05. The van der Waals surface area contributed by atoms with E-state index < -0.39 is 0 Å². The number of hydrogen-bond acceptors (Lipinski definition) is 4. The highest BCUT2D eigenvalue weighted by Crippen LogP contribution is 2.21. The van der Waals surface area contributed by atoms with Crippen LogP contribution in [-0.4, -0.2) is 72.3 Å². The Hall–Kier alpha value is -1.40. The number of thiophene rings is 1. The Morgan fingerprint density at radius 2 is 1.84 bits per heavy atom. The standard InChI is InChI=1S/C19H29N3O2S/c1-15-11-16(2)13-22(12-15)18(23)14-20-6-4-7-21(9-8-20)19(24)17-5-3-10-25-17/h3,5,10,15-16H,4,6-9,11-14H2,1-2H3. The van der Waals surface area contributed by atoms with Crippen LogP contribution in [0, 0.1) is 11.8 Å². The average Bonchev–Trinajstić information content (AvgIpc) is 3.01. The first-order valence-electron chi connectivity index (χ1n) is 9.36. The van der Waals surface area contributed by atoms with E-state index >= 15 is 0 Å². The Labute approximate surface area is 154 Å². The van der Waals surface area contributed by atoms with Crippen LogP contribution in [0.5, 0.6) is 0 Å². The van der Waals surface area contributed by atoms with Crippen molar-refractivity contribution in [3.63, 3.8) is 0 Å². The molecule has 0 spiro atoms. The van der Waals surface area contributed by atoms with Crippen LogP contribution in [0.2, 0.25) is 0 Å². The van der Waals surface area contributed by atoms with Crippen LogP contribution in [0.15, 0.2) is 17.5 Å². The molecule has 5 nitrogen and oxygen atoms in total. The molecule has 3 heterocycles. The minimum absolute atomic E-state index is 0.127. The monoisotopic (exact) mass is 363 g/mol. The Kier molecular flexibility index (Phi) is 6.12. The highest BCUT2D eigenvalue weighted by atomic mass is 32.1. The lowest BCUT2D eigenvalue weighted by Crippen LogP contribution is -2.47. The van der Waals surface area contributed by atoms with E-state index in [0.29, 0.717) is 24.9 Å². The van der Waals surface area contributed by atoms with Gasteiger partial charge in [-0.05, 0) is 36.1 Å². The first-order valence-corrected chi connectivity index (χ1v) is 10.2. The van der Waals surface area contributed by atoms with Gasteiger partial charge in [0.1, 0.15) is 0 Å². The van der Waals surface area contributed by atoms with Crippen LogP contribution in [0.25, 0.3) is 0 Å². The predicted octanol–water partition coefficient (Wildman–Crippen LogP) is 2.40. The molecule has 1 aromatic heterocycles. The highest BCUT2D eigenvalue weighted by Gasteiger charge is 2.27. The summed E-state index contributed by atoms with van der Waals surface area (Å²) in [5.74, 6) is 1.56. The van der Waals surface area contributed by atoms with Crippen LogP contribution in [-0.2, 0) is 4.79 Å². The lowest BCUT2D eigenvalue weighted by molar-refractivity contribution is -0.135. The summed E-state index contributed by atoms with van der Waals surface area (Å²) >= 11 is 1.50. The van der Waals surface area contributed by atoms with Crippen molar-refractivity contribution in [2.24, 2.45) is 11.8 Å². The van der Waals surface area contributed by atoms with E-state index in [1.807, 2.05) is 27.3 Å². The number of rotatable bonds is 3. The first kappa shape index (κ1) is 18.4. The maximum atomic E-state index is 12.7. The zero-order valence-corrected chi connectivity index (χ0v) is 16.1. The molecule has 0 bridgehead atoms. The molecule has 0 saturated carbocycles. The van der Waals surface area contributed by atoms with Gasteiger partial charge in [-0.3, -0.25) is 14.5 Å². The minimum atomic E-state index is 0.127. The summed E-state index contributed by atoms with van der Waals surface area (Å²) in [5, 5.41) is 1.94. The molecule has 0 N–H and O–H groups in total. The molecule has 25 heavy (non-hydrogen) atoms.